The third kappa shape index (κ3) is 1.96. The fourth-order valence-corrected chi connectivity index (χ4v) is 2.39. The molecule has 0 amide bonds. The molecule has 0 aliphatic heterocycles. The fourth-order valence-electron chi connectivity index (χ4n) is 2.12. The summed E-state index contributed by atoms with van der Waals surface area (Å²) in [5, 5.41) is 14.1. The van der Waals surface area contributed by atoms with Gasteiger partial charge in [-0.2, -0.15) is 10.4 Å². The number of benzene rings is 1. The molecule has 1 aromatic carbocycles. The highest BCUT2D eigenvalue weighted by Gasteiger charge is 2.32. The number of methoxy groups -OCH3 is 1. The highest BCUT2D eigenvalue weighted by Crippen LogP contribution is 2.43. The molecule has 1 heterocycles. The molecule has 1 saturated carbocycles. The average molecular weight is 274 g/mol. The zero-order chi connectivity index (χ0) is 13.4. The molecule has 0 radical (unpaired) electrons. The van der Waals surface area contributed by atoms with E-state index in [1.165, 1.54) is 0 Å². The largest absolute Gasteiger partial charge is 0.494 e. The number of nitrogens with zero attached hydrogens (tertiary/aromatic N) is 3. The molecule has 4 nitrogen and oxygen atoms in total. The van der Waals surface area contributed by atoms with Gasteiger partial charge in [0.15, 0.2) is 5.15 Å². The first kappa shape index (κ1) is 12.1. The quantitative estimate of drug-likeness (QED) is 0.862. The van der Waals surface area contributed by atoms with Crippen molar-refractivity contribution < 1.29 is 4.74 Å². The lowest BCUT2D eigenvalue weighted by atomic mass is 10.2. The number of para-hydroxylation sites is 2. The van der Waals surface area contributed by atoms with Gasteiger partial charge in [0.25, 0.3) is 0 Å². The van der Waals surface area contributed by atoms with E-state index in [2.05, 4.69) is 11.2 Å². The standard InChI is InChI=1S/C14H12ClN3O/c1-19-12-5-3-2-4-11(12)18-14(15)10(8-16)13(17-18)9-6-7-9/h2-5,9H,6-7H2,1H3. The lowest BCUT2D eigenvalue weighted by Crippen LogP contribution is -2.00. The molecule has 1 aliphatic rings. The van der Waals surface area contributed by atoms with Crippen molar-refractivity contribution in [2.45, 2.75) is 18.8 Å². The Morgan fingerprint density at radius 1 is 1.42 bits per heavy atom. The van der Waals surface area contributed by atoms with Gasteiger partial charge in [-0.1, -0.05) is 23.7 Å². The maximum absolute atomic E-state index is 9.24. The van der Waals surface area contributed by atoms with Crippen LogP contribution in [0, 0.1) is 11.3 Å². The normalized spacial score (nSPS) is 14.2. The van der Waals surface area contributed by atoms with E-state index in [-0.39, 0.29) is 0 Å². The number of rotatable bonds is 3. The van der Waals surface area contributed by atoms with Crippen LogP contribution in [0.15, 0.2) is 24.3 Å². The lowest BCUT2D eigenvalue weighted by molar-refractivity contribution is 0.411. The van der Waals surface area contributed by atoms with Crippen LogP contribution in [0.3, 0.4) is 0 Å². The van der Waals surface area contributed by atoms with Crippen LogP contribution in [0.2, 0.25) is 5.15 Å². The van der Waals surface area contributed by atoms with Crippen LogP contribution in [0.5, 0.6) is 5.75 Å². The molecule has 3 rings (SSSR count). The van der Waals surface area contributed by atoms with E-state index < -0.39 is 0 Å². The first-order chi connectivity index (χ1) is 9.26. The fraction of sp³-hybridized carbons (Fsp3) is 0.286. The Morgan fingerprint density at radius 2 is 2.16 bits per heavy atom. The summed E-state index contributed by atoms with van der Waals surface area (Å²) in [4.78, 5) is 0. The van der Waals surface area contributed by atoms with Crippen molar-refractivity contribution in [1.29, 1.82) is 5.26 Å². The summed E-state index contributed by atoms with van der Waals surface area (Å²) in [5.41, 5.74) is 2.03. The first-order valence-electron chi connectivity index (χ1n) is 6.08. The molecule has 19 heavy (non-hydrogen) atoms. The van der Waals surface area contributed by atoms with Gasteiger partial charge >= 0.3 is 0 Å². The van der Waals surface area contributed by atoms with Crippen molar-refractivity contribution >= 4 is 11.6 Å². The molecule has 1 aliphatic carbocycles. The molecule has 96 valence electrons. The van der Waals surface area contributed by atoms with Crippen molar-refractivity contribution in [3.8, 4) is 17.5 Å². The summed E-state index contributed by atoms with van der Waals surface area (Å²) in [7, 11) is 1.60. The second-order valence-electron chi connectivity index (χ2n) is 4.52. The number of hydrogen-bond acceptors (Lipinski definition) is 3. The van der Waals surface area contributed by atoms with Gasteiger partial charge in [0.2, 0.25) is 0 Å². The van der Waals surface area contributed by atoms with Crippen molar-refractivity contribution in [2.75, 3.05) is 7.11 Å². The molecule has 0 saturated heterocycles. The molecule has 5 heteroatoms. The molecule has 0 atom stereocenters. The number of hydrogen-bond donors (Lipinski definition) is 0. The van der Waals surface area contributed by atoms with E-state index in [0.717, 1.165) is 24.2 Å². The Labute approximate surface area is 116 Å². The Morgan fingerprint density at radius 3 is 2.79 bits per heavy atom. The summed E-state index contributed by atoms with van der Waals surface area (Å²) in [6, 6.07) is 9.64. The maximum atomic E-state index is 9.24. The van der Waals surface area contributed by atoms with Gasteiger partial charge in [0, 0.05) is 5.92 Å². The number of halogens is 1. The first-order valence-corrected chi connectivity index (χ1v) is 6.46. The minimum Gasteiger partial charge on any atom is -0.494 e. The van der Waals surface area contributed by atoms with Gasteiger partial charge in [0.1, 0.15) is 23.1 Å². The smallest absolute Gasteiger partial charge is 0.151 e. The van der Waals surface area contributed by atoms with Crippen molar-refractivity contribution in [3.05, 3.63) is 40.7 Å². The highest BCUT2D eigenvalue weighted by atomic mass is 35.5. The van der Waals surface area contributed by atoms with E-state index in [1.54, 1.807) is 11.8 Å². The van der Waals surface area contributed by atoms with Gasteiger partial charge in [-0.15, -0.1) is 0 Å². The van der Waals surface area contributed by atoms with E-state index in [9.17, 15) is 5.26 Å². The Hall–Kier alpha value is -1.99. The topological polar surface area (TPSA) is 50.8 Å². The number of nitriles is 1. The van der Waals surface area contributed by atoms with Gasteiger partial charge in [-0.25, -0.2) is 4.68 Å². The third-order valence-corrected chi connectivity index (χ3v) is 3.59. The average Bonchev–Trinajstić information content (AvgIpc) is 3.23. The number of aromatic nitrogens is 2. The van der Waals surface area contributed by atoms with Crippen LogP contribution in [-0.4, -0.2) is 16.9 Å². The van der Waals surface area contributed by atoms with Gasteiger partial charge in [0.05, 0.1) is 12.8 Å². The summed E-state index contributed by atoms with van der Waals surface area (Å²) >= 11 is 6.29. The molecule has 1 fully saturated rings. The van der Waals surface area contributed by atoms with Crippen LogP contribution in [-0.2, 0) is 0 Å². The molecule has 1 aromatic heterocycles. The van der Waals surface area contributed by atoms with E-state index >= 15 is 0 Å². The van der Waals surface area contributed by atoms with Gasteiger partial charge in [-0.3, -0.25) is 0 Å². The van der Waals surface area contributed by atoms with E-state index in [1.807, 2.05) is 24.3 Å². The summed E-state index contributed by atoms with van der Waals surface area (Å²) in [6.45, 7) is 0. The van der Waals surface area contributed by atoms with Crippen LogP contribution < -0.4 is 4.74 Å². The Balaban J connectivity index is 2.18. The molecular formula is C14H12ClN3O. The van der Waals surface area contributed by atoms with Crippen LogP contribution >= 0.6 is 11.6 Å². The van der Waals surface area contributed by atoms with Crippen LogP contribution in [0.25, 0.3) is 5.69 Å². The zero-order valence-electron chi connectivity index (χ0n) is 10.4. The summed E-state index contributed by atoms with van der Waals surface area (Å²) in [6.07, 6.45) is 2.15. The van der Waals surface area contributed by atoms with E-state index in [0.29, 0.717) is 22.4 Å². The minimum atomic E-state index is 0.355. The van der Waals surface area contributed by atoms with Crippen molar-refractivity contribution in [3.63, 3.8) is 0 Å². The second-order valence-corrected chi connectivity index (χ2v) is 4.88. The van der Waals surface area contributed by atoms with Crippen LogP contribution in [0.4, 0.5) is 0 Å². The Kier molecular flexibility index (Phi) is 2.92. The molecule has 0 spiro atoms. The van der Waals surface area contributed by atoms with Gasteiger partial charge < -0.3 is 4.74 Å². The Bertz CT molecular complexity index is 668. The van der Waals surface area contributed by atoms with Crippen LogP contribution in [0.1, 0.15) is 30.0 Å². The second kappa shape index (κ2) is 4.60. The SMILES string of the molecule is COc1ccccc1-n1nc(C2CC2)c(C#N)c1Cl. The lowest BCUT2D eigenvalue weighted by Gasteiger charge is -2.08. The third-order valence-electron chi connectivity index (χ3n) is 3.25. The van der Waals surface area contributed by atoms with Crippen molar-refractivity contribution in [2.24, 2.45) is 0 Å². The molecule has 2 aromatic rings. The molecule has 0 unspecified atom stereocenters. The minimum absolute atomic E-state index is 0.355. The summed E-state index contributed by atoms with van der Waals surface area (Å²) < 4.78 is 6.90. The maximum Gasteiger partial charge on any atom is 0.151 e. The molecule has 0 N–H and O–H groups in total. The predicted molar refractivity (Wildman–Crippen MR) is 71.8 cm³/mol. The zero-order valence-corrected chi connectivity index (χ0v) is 11.2. The number of ether oxygens (including phenoxy) is 1. The van der Waals surface area contributed by atoms with E-state index in [4.69, 9.17) is 16.3 Å². The monoisotopic (exact) mass is 273 g/mol. The molecular weight excluding hydrogens is 262 g/mol. The van der Waals surface area contributed by atoms with Gasteiger partial charge in [-0.05, 0) is 25.0 Å². The highest BCUT2D eigenvalue weighted by molar-refractivity contribution is 6.31. The van der Waals surface area contributed by atoms with Crippen molar-refractivity contribution in [1.82, 2.24) is 9.78 Å². The molecule has 0 bridgehead atoms. The predicted octanol–water partition coefficient (Wildman–Crippen LogP) is 3.28. The summed E-state index contributed by atoms with van der Waals surface area (Å²) in [5.74, 6) is 1.06.